The van der Waals surface area contributed by atoms with E-state index >= 15 is 0 Å². The largest absolute Gasteiger partial charge is 0.313 e. The highest BCUT2D eigenvalue weighted by Crippen LogP contribution is 2.23. The lowest BCUT2D eigenvalue weighted by Gasteiger charge is -2.18. The van der Waals surface area contributed by atoms with Gasteiger partial charge in [-0.25, -0.2) is 13.2 Å². The van der Waals surface area contributed by atoms with Gasteiger partial charge < -0.3 is 5.32 Å². The zero-order chi connectivity index (χ0) is 14.7. The lowest BCUT2D eigenvalue weighted by Crippen LogP contribution is -2.20. The number of aryl methyl sites for hydroxylation is 1. The Hall–Kier alpha value is -1.81. The van der Waals surface area contributed by atoms with Gasteiger partial charge in [-0.3, -0.25) is 0 Å². The standard InChI is InChI=1S/C16H16F3N/c1-10-4-3-5-11(6-10)7-16(20-2)12-8-14(18)15(19)9-13(12)17/h3-6,8-9,16,20H,7H2,1-2H3. The minimum Gasteiger partial charge on any atom is -0.313 e. The molecule has 0 saturated carbocycles. The van der Waals surface area contributed by atoms with E-state index in [4.69, 9.17) is 0 Å². The number of nitrogens with one attached hydrogen (secondary N) is 1. The van der Waals surface area contributed by atoms with Gasteiger partial charge in [-0.2, -0.15) is 0 Å². The first-order valence-electron chi connectivity index (χ1n) is 6.38. The van der Waals surface area contributed by atoms with E-state index in [0.717, 1.165) is 17.2 Å². The second-order valence-electron chi connectivity index (χ2n) is 4.82. The Morgan fingerprint density at radius 1 is 1.00 bits per heavy atom. The second-order valence-corrected chi connectivity index (χ2v) is 4.82. The molecule has 20 heavy (non-hydrogen) atoms. The molecular weight excluding hydrogens is 263 g/mol. The lowest BCUT2D eigenvalue weighted by atomic mass is 9.97. The molecule has 0 bridgehead atoms. The maximum Gasteiger partial charge on any atom is 0.161 e. The fourth-order valence-electron chi connectivity index (χ4n) is 2.25. The molecule has 1 nitrogen and oxygen atoms in total. The lowest BCUT2D eigenvalue weighted by molar-refractivity contribution is 0.474. The number of hydrogen-bond donors (Lipinski definition) is 1. The van der Waals surface area contributed by atoms with Gasteiger partial charge in [0.05, 0.1) is 0 Å². The molecule has 0 spiro atoms. The summed E-state index contributed by atoms with van der Waals surface area (Å²) in [5, 5.41) is 2.94. The van der Waals surface area contributed by atoms with E-state index in [9.17, 15) is 13.2 Å². The van der Waals surface area contributed by atoms with Crippen molar-refractivity contribution in [2.75, 3.05) is 7.05 Å². The summed E-state index contributed by atoms with van der Waals surface area (Å²) in [5.74, 6) is -2.95. The van der Waals surface area contributed by atoms with Crippen LogP contribution in [0.5, 0.6) is 0 Å². The molecule has 0 saturated heterocycles. The van der Waals surface area contributed by atoms with Crippen molar-refractivity contribution in [2.45, 2.75) is 19.4 Å². The molecular formula is C16H16F3N. The van der Waals surface area contributed by atoms with Crippen LogP contribution in [-0.2, 0) is 6.42 Å². The summed E-state index contributed by atoms with van der Waals surface area (Å²) in [6.07, 6.45) is 0.500. The summed E-state index contributed by atoms with van der Waals surface area (Å²) in [6.45, 7) is 1.97. The van der Waals surface area contributed by atoms with Gasteiger partial charge in [0.2, 0.25) is 0 Å². The van der Waals surface area contributed by atoms with Gasteiger partial charge in [0.15, 0.2) is 11.6 Å². The van der Waals surface area contributed by atoms with Gasteiger partial charge in [0.25, 0.3) is 0 Å². The monoisotopic (exact) mass is 279 g/mol. The summed E-state index contributed by atoms with van der Waals surface area (Å²) in [4.78, 5) is 0. The van der Waals surface area contributed by atoms with Crippen molar-refractivity contribution in [3.05, 3.63) is 70.5 Å². The smallest absolute Gasteiger partial charge is 0.161 e. The highest BCUT2D eigenvalue weighted by molar-refractivity contribution is 5.28. The summed E-state index contributed by atoms with van der Waals surface area (Å²) in [5.41, 5.74) is 2.24. The van der Waals surface area contributed by atoms with Crippen LogP contribution in [0.1, 0.15) is 22.7 Å². The van der Waals surface area contributed by atoms with E-state index in [1.807, 2.05) is 31.2 Å². The predicted molar refractivity (Wildman–Crippen MR) is 73.0 cm³/mol. The van der Waals surface area contributed by atoms with Crippen molar-refractivity contribution < 1.29 is 13.2 Å². The van der Waals surface area contributed by atoms with Crippen molar-refractivity contribution in [1.82, 2.24) is 5.32 Å². The van der Waals surface area contributed by atoms with E-state index in [-0.39, 0.29) is 5.56 Å². The maximum atomic E-state index is 13.8. The van der Waals surface area contributed by atoms with Crippen molar-refractivity contribution in [3.63, 3.8) is 0 Å². The minimum atomic E-state index is -1.17. The van der Waals surface area contributed by atoms with Crippen molar-refractivity contribution >= 4 is 0 Å². The van der Waals surface area contributed by atoms with Crippen LogP contribution >= 0.6 is 0 Å². The number of rotatable bonds is 4. The first kappa shape index (κ1) is 14.6. The topological polar surface area (TPSA) is 12.0 Å². The van der Waals surface area contributed by atoms with E-state index in [2.05, 4.69) is 5.32 Å². The van der Waals surface area contributed by atoms with E-state index in [0.29, 0.717) is 12.5 Å². The highest BCUT2D eigenvalue weighted by Gasteiger charge is 2.18. The van der Waals surface area contributed by atoms with Crippen LogP contribution in [0, 0.1) is 24.4 Å². The third-order valence-electron chi connectivity index (χ3n) is 3.29. The van der Waals surface area contributed by atoms with E-state index in [1.54, 1.807) is 7.05 Å². The molecule has 0 aliphatic carbocycles. The van der Waals surface area contributed by atoms with Crippen LogP contribution in [0.2, 0.25) is 0 Å². The summed E-state index contributed by atoms with van der Waals surface area (Å²) >= 11 is 0. The average molecular weight is 279 g/mol. The predicted octanol–water partition coefficient (Wildman–Crippen LogP) is 3.92. The van der Waals surface area contributed by atoms with Gasteiger partial charge in [0.1, 0.15) is 5.82 Å². The summed E-state index contributed by atoms with van der Waals surface area (Å²) in [6, 6.07) is 8.89. The average Bonchev–Trinajstić information content (AvgIpc) is 2.40. The fraction of sp³-hybridized carbons (Fsp3) is 0.250. The van der Waals surface area contributed by atoms with Crippen LogP contribution in [0.15, 0.2) is 36.4 Å². The van der Waals surface area contributed by atoms with Gasteiger partial charge in [0, 0.05) is 17.7 Å². The molecule has 0 aliphatic heterocycles. The van der Waals surface area contributed by atoms with Crippen LogP contribution in [0.3, 0.4) is 0 Å². The zero-order valence-electron chi connectivity index (χ0n) is 11.4. The fourth-order valence-corrected chi connectivity index (χ4v) is 2.25. The van der Waals surface area contributed by atoms with Gasteiger partial charge in [-0.15, -0.1) is 0 Å². The molecule has 4 heteroatoms. The Balaban J connectivity index is 2.31. The molecule has 1 N–H and O–H groups in total. The number of halogens is 3. The highest BCUT2D eigenvalue weighted by atomic mass is 19.2. The Labute approximate surface area is 116 Å². The Morgan fingerprint density at radius 3 is 2.35 bits per heavy atom. The molecule has 0 amide bonds. The molecule has 2 aromatic carbocycles. The van der Waals surface area contributed by atoms with Crippen LogP contribution in [0.25, 0.3) is 0 Å². The third kappa shape index (κ3) is 3.20. The van der Waals surface area contributed by atoms with Gasteiger partial charge in [-0.05, 0) is 32.0 Å². The van der Waals surface area contributed by atoms with E-state index in [1.165, 1.54) is 0 Å². The SMILES string of the molecule is CNC(Cc1cccc(C)c1)c1cc(F)c(F)cc1F. The van der Waals surface area contributed by atoms with Crippen molar-refractivity contribution in [2.24, 2.45) is 0 Å². The number of hydrogen-bond acceptors (Lipinski definition) is 1. The zero-order valence-corrected chi connectivity index (χ0v) is 11.4. The molecule has 0 fully saturated rings. The summed E-state index contributed by atoms with van der Waals surface area (Å²) in [7, 11) is 1.67. The van der Waals surface area contributed by atoms with Crippen LogP contribution in [-0.4, -0.2) is 7.05 Å². The van der Waals surface area contributed by atoms with Gasteiger partial charge in [-0.1, -0.05) is 29.8 Å². The van der Waals surface area contributed by atoms with Crippen molar-refractivity contribution in [3.8, 4) is 0 Å². The molecule has 0 aliphatic rings. The van der Waals surface area contributed by atoms with E-state index < -0.39 is 23.5 Å². The molecule has 106 valence electrons. The van der Waals surface area contributed by atoms with Crippen LogP contribution in [0.4, 0.5) is 13.2 Å². The first-order valence-corrected chi connectivity index (χ1v) is 6.38. The molecule has 1 atom stereocenters. The third-order valence-corrected chi connectivity index (χ3v) is 3.29. The number of likely N-dealkylation sites (N-methyl/N-ethyl adjacent to an activating group) is 1. The molecule has 2 aromatic rings. The Kier molecular flexibility index (Phi) is 4.45. The quantitative estimate of drug-likeness (QED) is 0.837. The second kappa shape index (κ2) is 6.09. The van der Waals surface area contributed by atoms with Gasteiger partial charge >= 0.3 is 0 Å². The first-order chi connectivity index (χ1) is 9.51. The maximum absolute atomic E-state index is 13.8. The molecule has 2 rings (SSSR count). The number of benzene rings is 2. The normalized spacial score (nSPS) is 12.4. The molecule has 0 heterocycles. The Morgan fingerprint density at radius 2 is 1.70 bits per heavy atom. The molecule has 0 aromatic heterocycles. The minimum absolute atomic E-state index is 0.132. The summed E-state index contributed by atoms with van der Waals surface area (Å²) < 4.78 is 40.1. The molecule has 1 unspecified atom stereocenters. The molecule has 0 radical (unpaired) electrons. The van der Waals surface area contributed by atoms with Crippen LogP contribution < -0.4 is 5.32 Å². The van der Waals surface area contributed by atoms with Crippen molar-refractivity contribution in [1.29, 1.82) is 0 Å². The Bertz CT molecular complexity index is 611.